The summed E-state index contributed by atoms with van der Waals surface area (Å²) >= 11 is 11.9. The number of aryl methyl sites for hydroxylation is 2. The molecular weight excluding hydrogens is 417 g/mol. The zero-order chi connectivity index (χ0) is 20.3. The van der Waals surface area contributed by atoms with Gasteiger partial charge in [0.15, 0.2) is 5.75 Å². The van der Waals surface area contributed by atoms with Gasteiger partial charge in [-0.15, -0.1) is 0 Å². The van der Waals surface area contributed by atoms with Crippen LogP contribution in [0.25, 0.3) is 0 Å². The number of hydrogen-bond acceptors (Lipinski definition) is 4. The lowest BCUT2D eigenvalue weighted by molar-refractivity contribution is 0.485. The van der Waals surface area contributed by atoms with Crippen molar-refractivity contribution < 1.29 is 12.6 Å². The maximum Gasteiger partial charge on any atom is 0.339 e. The van der Waals surface area contributed by atoms with E-state index in [1.165, 1.54) is 30.3 Å². The predicted molar refractivity (Wildman–Crippen MR) is 114 cm³/mol. The van der Waals surface area contributed by atoms with Gasteiger partial charge in [-0.2, -0.15) is 8.42 Å². The van der Waals surface area contributed by atoms with Gasteiger partial charge in [-0.25, -0.2) is 0 Å². The third-order valence-electron chi connectivity index (χ3n) is 3.98. The van der Waals surface area contributed by atoms with Crippen LogP contribution in [0.1, 0.15) is 16.7 Å². The van der Waals surface area contributed by atoms with E-state index < -0.39 is 10.1 Å². The lowest BCUT2D eigenvalue weighted by Gasteiger charge is -2.10. The Morgan fingerprint density at radius 1 is 0.893 bits per heavy atom. The van der Waals surface area contributed by atoms with E-state index in [1.54, 1.807) is 18.3 Å². The minimum atomic E-state index is -4.03. The van der Waals surface area contributed by atoms with E-state index in [9.17, 15) is 8.42 Å². The number of rotatable bonds is 5. The van der Waals surface area contributed by atoms with Gasteiger partial charge < -0.3 is 4.18 Å². The number of nitrogens with zero attached hydrogens (tertiary/aromatic N) is 1. The average Bonchev–Trinajstić information content (AvgIpc) is 2.64. The van der Waals surface area contributed by atoms with Crippen molar-refractivity contribution in [1.82, 2.24) is 0 Å². The first kappa shape index (κ1) is 20.4. The van der Waals surface area contributed by atoms with Crippen LogP contribution in [0.3, 0.4) is 0 Å². The maximum absolute atomic E-state index is 12.6. The summed E-state index contributed by atoms with van der Waals surface area (Å²) in [5.74, 6) is 0.133. The lowest BCUT2D eigenvalue weighted by atomic mass is 10.1. The van der Waals surface area contributed by atoms with Gasteiger partial charge in [0, 0.05) is 21.8 Å². The molecule has 3 rings (SSSR count). The molecule has 3 aromatic rings. The van der Waals surface area contributed by atoms with Gasteiger partial charge in [0.25, 0.3) is 0 Å². The Morgan fingerprint density at radius 3 is 2.29 bits per heavy atom. The van der Waals surface area contributed by atoms with Crippen molar-refractivity contribution in [2.24, 2.45) is 4.99 Å². The fourth-order valence-corrected chi connectivity index (χ4v) is 3.72. The fourth-order valence-electron chi connectivity index (χ4n) is 2.46. The largest absolute Gasteiger partial charge is 0.378 e. The third kappa shape index (κ3) is 4.93. The minimum Gasteiger partial charge on any atom is -0.378 e. The molecule has 0 N–H and O–H groups in total. The highest BCUT2D eigenvalue weighted by Gasteiger charge is 2.18. The second-order valence-corrected chi connectivity index (χ2v) is 8.64. The SMILES string of the molecule is Cc1ccc(C)c(N=Cc2cc(Cl)ccc2OS(=O)(=O)c2ccc(Cl)cc2)c1. The monoisotopic (exact) mass is 433 g/mol. The molecule has 7 heteroatoms. The molecule has 0 unspecified atom stereocenters. The van der Waals surface area contributed by atoms with Crippen LogP contribution in [0.15, 0.2) is 70.6 Å². The van der Waals surface area contributed by atoms with E-state index in [1.807, 2.05) is 32.0 Å². The highest BCUT2D eigenvalue weighted by molar-refractivity contribution is 7.87. The number of aliphatic imine (C=N–C) groups is 1. The standard InChI is InChI=1S/C21H17Cl2NO3S/c1-14-3-4-15(2)20(11-14)24-13-16-12-18(23)7-10-21(16)27-28(25,26)19-8-5-17(22)6-9-19/h3-13H,1-2H3. The van der Waals surface area contributed by atoms with E-state index >= 15 is 0 Å². The van der Waals surface area contributed by atoms with Gasteiger partial charge in [0.1, 0.15) is 4.90 Å². The van der Waals surface area contributed by atoms with Crippen molar-refractivity contribution >= 4 is 45.2 Å². The smallest absolute Gasteiger partial charge is 0.339 e. The van der Waals surface area contributed by atoms with Gasteiger partial charge in [0.05, 0.1) is 5.69 Å². The Hall–Kier alpha value is -2.34. The van der Waals surface area contributed by atoms with Gasteiger partial charge in [-0.1, -0.05) is 35.3 Å². The number of hydrogen-bond donors (Lipinski definition) is 0. The normalized spacial score (nSPS) is 11.7. The van der Waals surface area contributed by atoms with Crippen molar-refractivity contribution in [3.63, 3.8) is 0 Å². The van der Waals surface area contributed by atoms with Crippen LogP contribution in [0.5, 0.6) is 5.75 Å². The molecular formula is C21H17Cl2NO3S. The van der Waals surface area contributed by atoms with Gasteiger partial charge in [-0.3, -0.25) is 4.99 Å². The maximum atomic E-state index is 12.6. The highest BCUT2D eigenvalue weighted by atomic mass is 35.5. The van der Waals surface area contributed by atoms with Gasteiger partial charge >= 0.3 is 10.1 Å². The van der Waals surface area contributed by atoms with Crippen molar-refractivity contribution in [3.8, 4) is 5.75 Å². The summed E-state index contributed by atoms with van der Waals surface area (Å²) in [6, 6.07) is 16.3. The molecule has 0 spiro atoms. The Labute approximate surface area is 174 Å². The summed E-state index contributed by atoms with van der Waals surface area (Å²) in [5, 5.41) is 0.880. The zero-order valence-electron chi connectivity index (χ0n) is 15.2. The Kier molecular flexibility index (Phi) is 6.08. The lowest BCUT2D eigenvalue weighted by Crippen LogP contribution is -2.10. The molecule has 0 aliphatic carbocycles. The molecule has 0 radical (unpaired) electrons. The molecule has 3 aromatic carbocycles. The highest BCUT2D eigenvalue weighted by Crippen LogP contribution is 2.27. The van der Waals surface area contributed by atoms with Crippen LogP contribution >= 0.6 is 23.2 Å². The molecule has 0 amide bonds. The van der Waals surface area contributed by atoms with Crippen molar-refractivity contribution in [3.05, 3.63) is 87.4 Å². The third-order valence-corrected chi connectivity index (χ3v) is 5.72. The molecule has 0 aliphatic heterocycles. The second-order valence-electron chi connectivity index (χ2n) is 6.22. The van der Waals surface area contributed by atoms with E-state index in [-0.39, 0.29) is 10.6 Å². The van der Waals surface area contributed by atoms with Crippen molar-refractivity contribution in [2.45, 2.75) is 18.7 Å². The summed E-state index contributed by atoms with van der Waals surface area (Å²) in [6.07, 6.45) is 1.54. The molecule has 0 atom stereocenters. The molecule has 0 fully saturated rings. The summed E-state index contributed by atoms with van der Waals surface area (Å²) in [4.78, 5) is 4.48. The summed E-state index contributed by atoms with van der Waals surface area (Å²) in [5.41, 5.74) is 3.31. The van der Waals surface area contributed by atoms with Crippen LogP contribution in [-0.2, 0) is 10.1 Å². The summed E-state index contributed by atoms with van der Waals surface area (Å²) in [6.45, 7) is 3.93. The van der Waals surface area contributed by atoms with Crippen LogP contribution in [-0.4, -0.2) is 14.6 Å². The second kappa shape index (κ2) is 8.35. The van der Waals surface area contributed by atoms with Crippen LogP contribution in [0.4, 0.5) is 5.69 Å². The molecule has 0 aliphatic rings. The van der Waals surface area contributed by atoms with E-state index in [4.69, 9.17) is 27.4 Å². The first-order valence-electron chi connectivity index (χ1n) is 8.35. The molecule has 0 saturated carbocycles. The molecule has 144 valence electrons. The Bertz CT molecular complexity index is 1140. The first-order valence-corrected chi connectivity index (χ1v) is 10.5. The molecule has 0 bridgehead atoms. The topological polar surface area (TPSA) is 55.7 Å². The van der Waals surface area contributed by atoms with Gasteiger partial charge in [-0.05, 0) is 73.5 Å². The van der Waals surface area contributed by atoms with E-state index in [0.29, 0.717) is 15.6 Å². The fraction of sp³-hybridized carbons (Fsp3) is 0.0952. The van der Waals surface area contributed by atoms with Crippen molar-refractivity contribution in [2.75, 3.05) is 0 Å². The Balaban J connectivity index is 1.96. The van der Waals surface area contributed by atoms with E-state index in [0.717, 1.165) is 16.8 Å². The van der Waals surface area contributed by atoms with Crippen LogP contribution in [0, 0.1) is 13.8 Å². The molecule has 0 heterocycles. The molecule has 0 aromatic heterocycles. The molecule has 4 nitrogen and oxygen atoms in total. The quantitative estimate of drug-likeness (QED) is 0.359. The first-order chi connectivity index (χ1) is 13.2. The van der Waals surface area contributed by atoms with Gasteiger partial charge in [0.2, 0.25) is 0 Å². The minimum absolute atomic E-state index is 0.00395. The molecule has 0 saturated heterocycles. The van der Waals surface area contributed by atoms with Crippen molar-refractivity contribution in [1.29, 1.82) is 0 Å². The average molecular weight is 434 g/mol. The molecule has 28 heavy (non-hydrogen) atoms. The summed E-state index contributed by atoms with van der Waals surface area (Å²) in [7, 11) is -4.03. The van der Waals surface area contributed by atoms with E-state index in [2.05, 4.69) is 4.99 Å². The number of benzene rings is 3. The Morgan fingerprint density at radius 2 is 1.57 bits per heavy atom. The summed E-state index contributed by atoms with van der Waals surface area (Å²) < 4.78 is 30.5. The zero-order valence-corrected chi connectivity index (χ0v) is 17.5. The predicted octanol–water partition coefficient (Wildman–Crippen LogP) is 6.13. The van der Waals surface area contributed by atoms with Crippen LogP contribution < -0.4 is 4.18 Å². The number of halogens is 2. The van der Waals surface area contributed by atoms with Crippen LogP contribution in [0.2, 0.25) is 10.0 Å².